The minimum absolute atomic E-state index is 0.0652. The molecule has 0 radical (unpaired) electrons. The first-order chi connectivity index (χ1) is 33.6. The first-order valence-corrected chi connectivity index (χ1v) is 28.4. The maximum Gasteiger partial charge on any atom is 0.536 e. The Morgan fingerprint density at radius 2 is 1.61 bits per heavy atom. The minimum atomic E-state index is -6.06. The quantitative estimate of drug-likeness (QED) is 0.0517. The summed E-state index contributed by atoms with van der Waals surface area (Å²) >= 11 is 0. The fraction of sp³-hybridized carbons (Fsp3) is 0.500. The van der Waals surface area contributed by atoms with Crippen molar-refractivity contribution in [3.05, 3.63) is 98.7 Å². The molecular weight excluding hydrogens is 993 g/mol. The second-order valence-electron chi connectivity index (χ2n) is 21.2. The van der Waals surface area contributed by atoms with Crippen LogP contribution >= 0.6 is 23.5 Å². The van der Waals surface area contributed by atoms with Crippen LogP contribution in [0.1, 0.15) is 114 Å². The molecule has 0 amide bonds. The molecule has 2 saturated heterocycles. The molecule has 5 fully saturated rings. The van der Waals surface area contributed by atoms with Gasteiger partial charge in [-0.15, -0.1) is 0 Å². The molecule has 2 aromatic carbocycles. The highest BCUT2D eigenvalue weighted by Crippen LogP contribution is 2.79. The molecule has 0 aromatic heterocycles. The second-order valence-corrected chi connectivity index (χ2v) is 25.6. The van der Waals surface area contributed by atoms with Crippen molar-refractivity contribution in [1.82, 2.24) is 10.2 Å². The number of hydrogen-bond donors (Lipinski definition) is 5. The number of esters is 1. The molecule has 4 bridgehead atoms. The van der Waals surface area contributed by atoms with E-state index in [0.29, 0.717) is 40.8 Å². The van der Waals surface area contributed by atoms with Crippen LogP contribution in [0.2, 0.25) is 0 Å². The first-order valence-electron chi connectivity index (χ1n) is 23.9. The molecule has 72 heavy (non-hydrogen) atoms. The van der Waals surface area contributed by atoms with Crippen LogP contribution < -0.4 is 19.3 Å². The van der Waals surface area contributed by atoms with Crippen molar-refractivity contribution in [1.29, 1.82) is 0 Å². The van der Waals surface area contributed by atoms with E-state index in [1.165, 1.54) is 7.11 Å². The smallest absolute Gasteiger partial charge is 0.482 e. The van der Waals surface area contributed by atoms with E-state index in [-0.39, 0.29) is 72.1 Å². The number of fused-ring (bicyclic) bond motifs is 5. The maximum absolute atomic E-state index is 16.1. The number of benzene rings is 2. The summed E-state index contributed by atoms with van der Waals surface area (Å²) in [6.45, 7) is 15.5. The number of nitrogens with zero attached hydrogens (tertiary/aromatic N) is 1. The van der Waals surface area contributed by atoms with Crippen molar-refractivity contribution >= 4 is 52.8 Å². The fourth-order valence-corrected chi connectivity index (χ4v) is 16.5. The highest BCUT2D eigenvalue weighted by atomic mass is 31.3. The molecule has 10 unspecified atom stereocenters. The monoisotopic (exact) mass is 1050 g/mol. The number of methoxy groups -OCH3 is 1. The van der Waals surface area contributed by atoms with Crippen molar-refractivity contribution in [2.45, 2.75) is 116 Å². The number of phosphoric acid groups is 3. The van der Waals surface area contributed by atoms with Crippen molar-refractivity contribution in [3.63, 3.8) is 0 Å². The van der Waals surface area contributed by atoms with E-state index in [9.17, 15) is 38.1 Å². The molecule has 19 nitrogen and oxygen atoms in total. The van der Waals surface area contributed by atoms with Gasteiger partial charge >= 0.3 is 29.4 Å². The molecule has 4 aliphatic carbocycles. The Labute approximate surface area is 416 Å². The van der Waals surface area contributed by atoms with Gasteiger partial charge in [-0.1, -0.05) is 53.6 Å². The predicted octanol–water partition coefficient (Wildman–Crippen LogP) is 8.13. The molecule has 3 saturated carbocycles. The molecule has 2 aromatic rings. The lowest BCUT2D eigenvalue weighted by molar-refractivity contribution is -0.245. The van der Waals surface area contributed by atoms with Crippen LogP contribution in [0.15, 0.2) is 70.9 Å². The van der Waals surface area contributed by atoms with Gasteiger partial charge in [0.05, 0.1) is 35.5 Å². The summed E-state index contributed by atoms with van der Waals surface area (Å²) in [5.74, 6) is -4.70. The summed E-state index contributed by atoms with van der Waals surface area (Å²) < 4.78 is 81.5. The molecule has 2 spiro atoms. The van der Waals surface area contributed by atoms with Gasteiger partial charge in [0, 0.05) is 65.1 Å². The van der Waals surface area contributed by atoms with Gasteiger partial charge in [0.2, 0.25) is 0 Å². The zero-order chi connectivity index (χ0) is 52.1. The molecule has 5 N–H and O–H groups in total. The Kier molecular flexibility index (Phi) is 11.9. The third-order valence-corrected chi connectivity index (χ3v) is 19.6. The van der Waals surface area contributed by atoms with Crippen molar-refractivity contribution in [2.24, 2.45) is 23.7 Å². The average Bonchev–Trinajstić information content (AvgIpc) is 3.87. The van der Waals surface area contributed by atoms with Gasteiger partial charge in [0.15, 0.2) is 28.5 Å². The second kappa shape index (κ2) is 16.8. The van der Waals surface area contributed by atoms with E-state index in [4.69, 9.17) is 23.5 Å². The summed E-state index contributed by atoms with van der Waals surface area (Å²) in [7, 11) is -16.6. The number of ketones is 2. The summed E-state index contributed by atoms with van der Waals surface area (Å²) in [4.78, 5) is 87.5. The van der Waals surface area contributed by atoms with Crippen LogP contribution in [0.3, 0.4) is 0 Å². The van der Waals surface area contributed by atoms with Crippen LogP contribution in [0.25, 0.3) is 11.8 Å². The summed E-state index contributed by atoms with van der Waals surface area (Å²) in [6.07, 6.45) is 10.4. The van der Waals surface area contributed by atoms with Crippen LogP contribution in [0, 0.1) is 23.7 Å². The third kappa shape index (κ3) is 7.44. The van der Waals surface area contributed by atoms with Gasteiger partial charge in [-0.25, -0.2) is 18.5 Å². The Morgan fingerprint density at radius 1 is 0.917 bits per heavy atom. The van der Waals surface area contributed by atoms with Crippen molar-refractivity contribution < 1.29 is 79.7 Å². The molecule has 5 aliphatic heterocycles. The molecule has 11 rings (SSSR count). The SMILES string of the molecule is COC(=O)/C(C)=C\CC12OC(C)(C)C3CC(C1=O)C1C4=C(c5ccccc5C4=O)N4CCNC45c4c(OP(=O)(O)OP(=O)(O)OP(=O)(O)O)c6c(c(CC=C(C)C)c4OC32C15)OC(C)(CCC=C(C)C)C=C6. The predicted molar refractivity (Wildman–Crippen MR) is 260 cm³/mol. The lowest BCUT2D eigenvalue weighted by atomic mass is 9.39. The third-order valence-electron chi connectivity index (χ3n) is 15.9. The van der Waals surface area contributed by atoms with Gasteiger partial charge < -0.3 is 43.1 Å². The largest absolute Gasteiger partial charge is 0.536 e. The van der Waals surface area contributed by atoms with Gasteiger partial charge in [0.25, 0.3) is 0 Å². The fourth-order valence-electron chi connectivity index (χ4n) is 13.5. The number of ether oxygens (including phenoxy) is 4. The number of carbonyl (C=O) groups is 3. The number of hydrogen-bond acceptors (Lipinski definition) is 15. The Bertz CT molecular complexity index is 3090. The number of rotatable bonds is 14. The van der Waals surface area contributed by atoms with E-state index in [1.54, 1.807) is 37.3 Å². The van der Waals surface area contributed by atoms with Crippen LogP contribution in [-0.2, 0) is 53.5 Å². The van der Waals surface area contributed by atoms with Crippen LogP contribution in [0.5, 0.6) is 17.2 Å². The minimum Gasteiger partial charge on any atom is -0.482 e. The summed E-state index contributed by atoms with van der Waals surface area (Å²) in [5, 5.41) is 3.81. The highest BCUT2D eigenvalue weighted by Gasteiger charge is 2.89. The first kappa shape index (κ1) is 51.0. The number of carbonyl (C=O) groups excluding carboxylic acids is 3. The summed E-state index contributed by atoms with van der Waals surface area (Å²) in [5.41, 5.74) is -2.45. The Hall–Kier alpha value is -4.48. The number of nitrogens with one attached hydrogen (secondary N) is 1. The molecule has 22 heteroatoms. The zero-order valence-corrected chi connectivity index (χ0v) is 44.0. The lowest BCUT2D eigenvalue weighted by Crippen LogP contribution is -2.84. The van der Waals surface area contributed by atoms with Gasteiger partial charge in [-0.3, -0.25) is 19.8 Å². The Balaban J connectivity index is 1.34. The highest BCUT2D eigenvalue weighted by molar-refractivity contribution is 7.66. The van der Waals surface area contributed by atoms with Gasteiger partial charge in [-0.05, 0) is 93.2 Å². The van der Waals surface area contributed by atoms with E-state index in [2.05, 4.69) is 20.0 Å². The Morgan fingerprint density at radius 3 is 2.28 bits per heavy atom. The molecule has 9 aliphatic rings. The van der Waals surface area contributed by atoms with E-state index >= 15 is 9.59 Å². The molecule has 5 heterocycles. The van der Waals surface area contributed by atoms with Crippen molar-refractivity contribution in [3.8, 4) is 17.2 Å². The number of phosphoric ester groups is 1. The topological polar surface area (TPSA) is 263 Å². The van der Waals surface area contributed by atoms with Crippen LogP contribution in [-0.4, -0.2) is 84.6 Å². The number of Topliss-reactive ketones (excluding diaryl/α,β-unsaturated/α-hetero) is 2. The molecule has 386 valence electrons. The molecule has 10 atom stereocenters. The lowest BCUT2D eigenvalue weighted by Gasteiger charge is -2.70. The van der Waals surface area contributed by atoms with E-state index < -0.39 is 86.9 Å². The molecular formula is C50H59N2O17P3. The van der Waals surface area contributed by atoms with E-state index in [0.717, 1.165) is 11.1 Å². The van der Waals surface area contributed by atoms with Crippen LogP contribution in [0.4, 0.5) is 0 Å². The average molecular weight is 1050 g/mol. The normalized spacial score (nSPS) is 32.5. The van der Waals surface area contributed by atoms with Crippen molar-refractivity contribution in [2.75, 3.05) is 20.2 Å². The standard InChI is InChI=1S/C50H59N2O17P3/c1-26(2)13-12-20-47(8)21-19-32-40(64-47)31(17-16-27(3)4)41-37(42(32)66-71(59,60)69-72(61,62)68-70(56,57)58)50-43-35(36-38(52(50)24-23-51-50)29-14-10-11-15-30(29)39(36)53)33-25-34-46(6,7)67-48(44(33)54,49(34,43)65-41)22-18-28(5)45(55)63-9/h10-11,13-16,18-19,21,33-35,43,51H,12,17,20,22-25H2,1-9H3,(H,59,60)(H,61,62)(H2,56,57,58)/b28-18-. The summed E-state index contributed by atoms with van der Waals surface area (Å²) in [6, 6.07) is 7.16. The van der Waals surface area contributed by atoms with Gasteiger partial charge in [-0.2, -0.15) is 8.62 Å². The maximum atomic E-state index is 16.1. The zero-order valence-electron chi connectivity index (χ0n) is 41.3. The number of allylic oxidation sites excluding steroid dienone is 5. The van der Waals surface area contributed by atoms with E-state index in [1.807, 2.05) is 71.6 Å². The van der Waals surface area contributed by atoms with Gasteiger partial charge in [0.1, 0.15) is 22.8 Å².